The van der Waals surface area contributed by atoms with Gasteiger partial charge in [0.25, 0.3) is 0 Å². The van der Waals surface area contributed by atoms with Crippen molar-refractivity contribution in [3.05, 3.63) is 396 Å². The van der Waals surface area contributed by atoms with E-state index in [0.717, 1.165) is 23.5 Å². The van der Waals surface area contributed by atoms with Crippen LogP contribution in [-0.4, -0.2) is 5.25 Å². The van der Waals surface area contributed by atoms with Gasteiger partial charge in [-0.15, -0.1) is 11.8 Å². The first-order valence-electron chi connectivity index (χ1n) is 30.9. The lowest BCUT2D eigenvalue weighted by Gasteiger charge is -2.39. The van der Waals surface area contributed by atoms with Gasteiger partial charge in [0.2, 0.25) is 0 Å². The minimum absolute atomic E-state index is 0.0293. The summed E-state index contributed by atoms with van der Waals surface area (Å²) in [4.78, 5) is 3.90. The summed E-state index contributed by atoms with van der Waals surface area (Å²) in [7, 11) is 0. The highest BCUT2D eigenvalue weighted by atomic mass is 32.2. The number of benzene rings is 13. The molecule has 88 heavy (non-hydrogen) atoms. The molecule has 3 aliphatic rings. The molecule has 13 aromatic carbocycles. The number of fused-ring (bicyclic) bond motifs is 8. The van der Waals surface area contributed by atoms with Crippen LogP contribution >= 0.6 is 11.8 Å². The molecule has 0 saturated heterocycles. The summed E-state index contributed by atoms with van der Waals surface area (Å²) < 4.78 is 0. The molecule has 0 fully saturated rings. The third-order valence-corrected chi connectivity index (χ3v) is 20.4. The molecule has 1 nitrogen and oxygen atoms in total. The van der Waals surface area contributed by atoms with Crippen LogP contribution in [0.1, 0.15) is 74.2 Å². The Labute approximate surface area is 521 Å². The van der Waals surface area contributed by atoms with Gasteiger partial charge < -0.3 is 4.90 Å². The molecule has 0 bridgehead atoms. The second kappa shape index (κ2) is 22.9. The summed E-state index contributed by atoms with van der Waals surface area (Å²) >= 11 is 2.06. The zero-order valence-corrected chi connectivity index (χ0v) is 49.6. The number of thioether (sulfide) groups is 1. The largest absolute Gasteiger partial charge is 0.310 e. The van der Waals surface area contributed by atoms with E-state index in [4.69, 9.17) is 0 Å². The molecule has 418 valence electrons. The Balaban J connectivity index is 0.865. The van der Waals surface area contributed by atoms with Crippen molar-refractivity contribution in [2.24, 2.45) is 0 Å². The molecule has 0 spiro atoms. The fourth-order valence-electron chi connectivity index (χ4n) is 14.7. The van der Waals surface area contributed by atoms with Crippen molar-refractivity contribution < 1.29 is 0 Å². The number of rotatable bonds is 12. The molecule has 2 unspecified atom stereocenters. The molecule has 0 radical (unpaired) electrons. The van der Waals surface area contributed by atoms with E-state index in [-0.39, 0.29) is 5.92 Å². The molecule has 16 rings (SSSR count). The van der Waals surface area contributed by atoms with Crippen molar-refractivity contribution in [3.8, 4) is 55.6 Å². The molecule has 3 atom stereocenters. The van der Waals surface area contributed by atoms with Crippen LogP contribution in [0.2, 0.25) is 0 Å². The molecule has 13 aromatic rings. The Kier molecular flexibility index (Phi) is 13.8. The van der Waals surface area contributed by atoms with Crippen LogP contribution in [0.25, 0.3) is 55.6 Å². The van der Waals surface area contributed by atoms with Crippen molar-refractivity contribution in [2.45, 2.75) is 39.7 Å². The van der Waals surface area contributed by atoms with Gasteiger partial charge in [0.05, 0.1) is 5.41 Å². The summed E-state index contributed by atoms with van der Waals surface area (Å²) in [5.74, 6) is 0.803. The molecule has 0 amide bonds. The third kappa shape index (κ3) is 9.44. The fourth-order valence-corrected chi connectivity index (χ4v) is 16.4. The van der Waals surface area contributed by atoms with E-state index in [1.54, 1.807) is 0 Å². The van der Waals surface area contributed by atoms with E-state index in [1.165, 1.54) is 111 Å². The normalized spacial score (nSPS) is 15.9. The number of anilines is 3. The average Bonchev–Trinajstić information content (AvgIpc) is 1.52. The van der Waals surface area contributed by atoms with Crippen LogP contribution in [0.3, 0.4) is 0 Å². The van der Waals surface area contributed by atoms with Crippen LogP contribution in [0.5, 0.6) is 0 Å². The van der Waals surface area contributed by atoms with Gasteiger partial charge in [0.15, 0.2) is 0 Å². The molecule has 1 aliphatic heterocycles. The minimum atomic E-state index is -0.779. The quantitative estimate of drug-likeness (QED) is 0.0886. The predicted molar refractivity (Wildman–Crippen MR) is 369 cm³/mol. The Bertz CT molecular complexity index is 4500. The van der Waals surface area contributed by atoms with E-state index >= 15 is 0 Å². The highest BCUT2D eigenvalue weighted by Crippen LogP contribution is 2.57. The van der Waals surface area contributed by atoms with E-state index in [2.05, 4.69) is 362 Å². The second-order valence-corrected chi connectivity index (χ2v) is 24.9. The topological polar surface area (TPSA) is 3.24 Å². The summed E-state index contributed by atoms with van der Waals surface area (Å²) in [6, 6.07) is 125. The van der Waals surface area contributed by atoms with Crippen LogP contribution in [-0.2, 0) is 5.41 Å². The van der Waals surface area contributed by atoms with Crippen LogP contribution in [0.4, 0.5) is 17.1 Å². The SMILES string of the molecule is C1=CC2c3ccccc3SC2[C@H](c2ccc(N(c3ccc(-c4ccccc4)cc3)c3cccc(C4(c5ccc(C(c6ccc(-c7ccccc7)cc6)c6ccc(-c7ccccc7)cc6)cc5)c5ccccc5-c5ccccc5-c5ccccc54)c3)cc2)C1. The molecule has 1 heterocycles. The van der Waals surface area contributed by atoms with Crippen molar-refractivity contribution in [1.29, 1.82) is 0 Å². The van der Waals surface area contributed by atoms with E-state index in [0.29, 0.717) is 17.1 Å². The second-order valence-electron chi connectivity index (χ2n) is 23.7. The third-order valence-electron chi connectivity index (χ3n) is 18.9. The van der Waals surface area contributed by atoms with Crippen molar-refractivity contribution in [2.75, 3.05) is 4.90 Å². The highest BCUT2D eigenvalue weighted by Gasteiger charge is 2.45. The van der Waals surface area contributed by atoms with Gasteiger partial charge in [-0.2, -0.15) is 0 Å². The first kappa shape index (κ1) is 53.2. The predicted octanol–water partition coefficient (Wildman–Crippen LogP) is 22.7. The molecular formula is C86H63NS. The van der Waals surface area contributed by atoms with Crippen LogP contribution in [0.15, 0.2) is 351 Å². The Morgan fingerprint density at radius 2 is 0.773 bits per heavy atom. The van der Waals surface area contributed by atoms with Crippen molar-refractivity contribution >= 4 is 28.8 Å². The highest BCUT2D eigenvalue weighted by molar-refractivity contribution is 8.00. The van der Waals surface area contributed by atoms with Gasteiger partial charge >= 0.3 is 0 Å². The standard InChI is InChI=1S/C86H63NS/c1-4-20-59(21-5-1)62-38-42-66(43-39-62)84(67-44-40-63(41-45-67)60-22-6-2-7-23-60)68-46-52-69(53-47-68)86(81-35-15-12-30-77(81)75-28-10-11-29-76(75)78-31-13-16-36-82(78)86)70-26-18-27-73(58-70)87(71-54-48-64(49-55-71)61-24-8-3-9-25-61)72-56-50-65(51-57-72)74-33-19-34-80-79-32-14-17-37-83(79)88-85(74)80/h1-32,34-58,74,80,84-85H,33H2/t74-,80?,85?/m0/s1. The maximum atomic E-state index is 2.49. The number of allylic oxidation sites excluding steroid dienone is 2. The van der Waals surface area contributed by atoms with Gasteiger partial charge in [-0.3, -0.25) is 0 Å². The van der Waals surface area contributed by atoms with Gasteiger partial charge in [-0.25, -0.2) is 0 Å². The van der Waals surface area contributed by atoms with Crippen LogP contribution in [0, 0.1) is 0 Å². The Hall–Kier alpha value is -10.3. The van der Waals surface area contributed by atoms with Crippen molar-refractivity contribution in [1.82, 2.24) is 0 Å². The molecule has 2 heteroatoms. The fraction of sp³-hybridized carbons (Fsp3) is 0.0698. The maximum absolute atomic E-state index is 2.49. The number of hydrogen-bond donors (Lipinski definition) is 0. The van der Waals surface area contributed by atoms with Gasteiger partial charge in [0, 0.05) is 45.0 Å². The molecule has 0 N–H and O–H groups in total. The Morgan fingerprint density at radius 1 is 0.341 bits per heavy atom. The molecule has 0 aromatic heterocycles. The molecular weight excluding hydrogens is 1080 g/mol. The summed E-state index contributed by atoms with van der Waals surface area (Å²) in [5.41, 5.74) is 26.1. The number of hydrogen-bond acceptors (Lipinski definition) is 2. The lowest BCUT2D eigenvalue weighted by molar-refractivity contribution is 0.592. The monoisotopic (exact) mass is 1140 g/mol. The summed E-state index contributed by atoms with van der Waals surface area (Å²) in [5, 5.41) is 0.470. The van der Waals surface area contributed by atoms with Crippen molar-refractivity contribution in [3.63, 3.8) is 0 Å². The zero-order chi connectivity index (χ0) is 58.4. The number of nitrogens with zero attached hydrogens (tertiary/aromatic N) is 1. The smallest absolute Gasteiger partial charge is 0.0714 e. The van der Waals surface area contributed by atoms with E-state index in [9.17, 15) is 0 Å². The summed E-state index contributed by atoms with van der Waals surface area (Å²) in [6.45, 7) is 0. The lowest BCUT2D eigenvalue weighted by Crippen LogP contribution is -2.32. The first-order chi connectivity index (χ1) is 43.6. The molecule has 2 aliphatic carbocycles. The van der Waals surface area contributed by atoms with Gasteiger partial charge in [0.1, 0.15) is 0 Å². The molecule has 0 saturated carbocycles. The maximum Gasteiger partial charge on any atom is 0.0714 e. The minimum Gasteiger partial charge on any atom is -0.310 e. The Morgan fingerprint density at radius 3 is 1.31 bits per heavy atom. The van der Waals surface area contributed by atoms with Gasteiger partial charge in [-0.1, -0.05) is 303 Å². The van der Waals surface area contributed by atoms with E-state index < -0.39 is 5.41 Å². The average molecular weight is 1140 g/mol. The van der Waals surface area contributed by atoms with Gasteiger partial charge in [-0.05, 0) is 155 Å². The van der Waals surface area contributed by atoms with Crippen LogP contribution < -0.4 is 4.90 Å². The first-order valence-corrected chi connectivity index (χ1v) is 31.8. The zero-order valence-electron chi connectivity index (χ0n) is 48.8. The summed E-state index contributed by atoms with van der Waals surface area (Å²) in [6.07, 6.45) is 5.92. The lowest BCUT2D eigenvalue weighted by atomic mass is 9.63. The van der Waals surface area contributed by atoms with E-state index in [1.807, 2.05) is 0 Å².